The standard InChI is InChI=1S/C25H22Cl2O4/c1-25(2)13-21(28)20-11-23(29-14-16-3-7-18(26)8-4-16)24(12-22(20)31-25)30-15-17-5-9-19(27)10-6-17/h3-12H,13-15H2,1-2H3. The van der Waals surface area contributed by atoms with E-state index in [4.69, 9.17) is 37.4 Å². The molecule has 0 aliphatic carbocycles. The SMILES string of the molecule is CC1(C)CC(=O)c2cc(OCc3ccc(Cl)cc3)c(OCc3ccc(Cl)cc3)cc2O1. The Morgan fingerprint density at radius 3 is 1.84 bits per heavy atom. The van der Waals surface area contributed by atoms with E-state index in [1.807, 2.05) is 62.4 Å². The smallest absolute Gasteiger partial charge is 0.170 e. The van der Waals surface area contributed by atoms with E-state index in [0.29, 0.717) is 52.5 Å². The molecule has 1 heterocycles. The van der Waals surface area contributed by atoms with Gasteiger partial charge in [-0.25, -0.2) is 0 Å². The molecule has 0 bridgehead atoms. The van der Waals surface area contributed by atoms with Gasteiger partial charge in [0.25, 0.3) is 0 Å². The van der Waals surface area contributed by atoms with Crippen LogP contribution in [0.25, 0.3) is 0 Å². The molecule has 0 saturated heterocycles. The predicted octanol–water partition coefficient (Wildman–Crippen LogP) is 6.90. The zero-order chi connectivity index (χ0) is 22.0. The van der Waals surface area contributed by atoms with E-state index in [1.165, 1.54) is 0 Å². The second-order valence-corrected chi connectivity index (χ2v) is 8.96. The molecule has 0 amide bonds. The molecule has 31 heavy (non-hydrogen) atoms. The zero-order valence-corrected chi connectivity index (χ0v) is 18.8. The van der Waals surface area contributed by atoms with Crippen LogP contribution in [0.2, 0.25) is 10.0 Å². The van der Waals surface area contributed by atoms with Gasteiger partial charge >= 0.3 is 0 Å². The maximum Gasteiger partial charge on any atom is 0.170 e. The summed E-state index contributed by atoms with van der Waals surface area (Å²) < 4.78 is 18.1. The Morgan fingerprint density at radius 1 is 0.839 bits per heavy atom. The van der Waals surface area contributed by atoms with Crippen molar-refractivity contribution in [1.82, 2.24) is 0 Å². The summed E-state index contributed by atoms with van der Waals surface area (Å²) in [5.74, 6) is 1.52. The average molecular weight is 457 g/mol. The second kappa shape index (κ2) is 8.81. The van der Waals surface area contributed by atoms with Crippen molar-refractivity contribution >= 4 is 29.0 Å². The number of ether oxygens (including phenoxy) is 3. The quantitative estimate of drug-likeness (QED) is 0.404. The number of carbonyl (C=O) groups is 1. The van der Waals surface area contributed by atoms with Crippen molar-refractivity contribution in [2.75, 3.05) is 0 Å². The van der Waals surface area contributed by atoms with Crippen molar-refractivity contribution in [3.63, 3.8) is 0 Å². The first-order valence-corrected chi connectivity index (χ1v) is 10.7. The summed E-state index contributed by atoms with van der Waals surface area (Å²) in [4.78, 5) is 12.7. The third-order valence-electron chi connectivity index (χ3n) is 4.93. The van der Waals surface area contributed by atoms with Gasteiger partial charge in [-0.1, -0.05) is 47.5 Å². The van der Waals surface area contributed by atoms with Crippen LogP contribution in [0.4, 0.5) is 0 Å². The van der Waals surface area contributed by atoms with Gasteiger partial charge in [-0.15, -0.1) is 0 Å². The summed E-state index contributed by atoms with van der Waals surface area (Å²) in [5, 5.41) is 1.33. The number of hydrogen-bond donors (Lipinski definition) is 0. The fraction of sp³-hybridized carbons (Fsp3) is 0.240. The van der Waals surface area contributed by atoms with Gasteiger partial charge in [0.15, 0.2) is 17.3 Å². The Labute approximate surface area is 191 Å². The maximum atomic E-state index is 12.7. The number of ketones is 1. The van der Waals surface area contributed by atoms with Crippen molar-refractivity contribution in [3.8, 4) is 17.2 Å². The second-order valence-electron chi connectivity index (χ2n) is 8.09. The van der Waals surface area contributed by atoms with E-state index < -0.39 is 5.60 Å². The molecule has 160 valence electrons. The molecule has 0 spiro atoms. The van der Waals surface area contributed by atoms with E-state index in [0.717, 1.165) is 11.1 Å². The minimum Gasteiger partial charge on any atom is -0.486 e. The first-order valence-electron chi connectivity index (χ1n) is 9.94. The first kappa shape index (κ1) is 21.5. The molecule has 1 aliphatic rings. The normalized spacial score (nSPS) is 14.5. The Kier molecular flexibility index (Phi) is 6.12. The van der Waals surface area contributed by atoms with E-state index in [-0.39, 0.29) is 5.78 Å². The average Bonchev–Trinajstić information content (AvgIpc) is 2.72. The maximum absolute atomic E-state index is 12.7. The lowest BCUT2D eigenvalue weighted by Crippen LogP contribution is -2.35. The highest BCUT2D eigenvalue weighted by Gasteiger charge is 2.33. The van der Waals surface area contributed by atoms with Crippen molar-refractivity contribution in [2.45, 2.75) is 39.1 Å². The Morgan fingerprint density at radius 2 is 1.32 bits per heavy atom. The van der Waals surface area contributed by atoms with Crippen LogP contribution in [0, 0.1) is 0 Å². The summed E-state index contributed by atoms with van der Waals surface area (Å²) in [7, 11) is 0. The lowest BCUT2D eigenvalue weighted by atomic mass is 9.93. The van der Waals surface area contributed by atoms with Gasteiger partial charge in [-0.3, -0.25) is 4.79 Å². The number of fused-ring (bicyclic) bond motifs is 1. The van der Waals surface area contributed by atoms with Crippen LogP contribution >= 0.6 is 23.2 Å². The number of Topliss-reactive ketones (excluding diaryl/α,β-unsaturated/α-hetero) is 1. The van der Waals surface area contributed by atoms with Gasteiger partial charge in [0.2, 0.25) is 0 Å². The van der Waals surface area contributed by atoms with Crippen molar-refractivity contribution in [3.05, 3.63) is 87.4 Å². The Balaban J connectivity index is 1.61. The molecule has 3 aromatic rings. The van der Waals surface area contributed by atoms with Crippen LogP contribution in [-0.2, 0) is 13.2 Å². The molecule has 1 aliphatic heterocycles. The van der Waals surface area contributed by atoms with Gasteiger partial charge in [-0.2, -0.15) is 0 Å². The Hall–Kier alpha value is -2.69. The topological polar surface area (TPSA) is 44.8 Å². The van der Waals surface area contributed by atoms with Crippen molar-refractivity contribution < 1.29 is 19.0 Å². The van der Waals surface area contributed by atoms with E-state index in [2.05, 4.69) is 0 Å². The number of hydrogen-bond acceptors (Lipinski definition) is 4. The largest absolute Gasteiger partial charge is 0.486 e. The number of halogens is 2. The third kappa shape index (κ3) is 5.33. The van der Waals surface area contributed by atoms with E-state index >= 15 is 0 Å². The number of carbonyl (C=O) groups excluding carboxylic acids is 1. The molecule has 0 radical (unpaired) electrons. The lowest BCUT2D eigenvalue weighted by Gasteiger charge is -2.32. The highest BCUT2D eigenvalue weighted by Crippen LogP contribution is 2.41. The van der Waals surface area contributed by atoms with E-state index in [1.54, 1.807) is 12.1 Å². The highest BCUT2D eigenvalue weighted by atomic mass is 35.5. The lowest BCUT2D eigenvalue weighted by molar-refractivity contribution is 0.0616. The minimum atomic E-state index is -0.566. The van der Waals surface area contributed by atoms with Crippen molar-refractivity contribution in [2.24, 2.45) is 0 Å². The van der Waals surface area contributed by atoms with Gasteiger partial charge in [0, 0.05) is 16.1 Å². The molecule has 0 aromatic heterocycles. The van der Waals surface area contributed by atoms with Crippen LogP contribution < -0.4 is 14.2 Å². The fourth-order valence-corrected chi connectivity index (χ4v) is 3.62. The molecular formula is C25H22Cl2O4. The summed E-state index contributed by atoms with van der Waals surface area (Å²) in [6.45, 7) is 4.43. The molecule has 4 rings (SSSR count). The zero-order valence-electron chi connectivity index (χ0n) is 17.3. The fourth-order valence-electron chi connectivity index (χ4n) is 3.37. The van der Waals surface area contributed by atoms with E-state index in [9.17, 15) is 4.79 Å². The molecule has 6 heteroatoms. The molecular weight excluding hydrogens is 435 g/mol. The van der Waals surface area contributed by atoms with Gasteiger partial charge in [0.1, 0.15) is 24.6 Å². The Bertz CT molecular complexity index is 1090. The van der Waals surface area contributed by atoms with Gasteiger partial charge < -0.3 is 14.2 Å². The summed E-state index contributed by atoms with van der Waals surface area (Å²) in [5.41, 5.74) is 1.85. The van der Waals surface area contributed by atoms with Crippen LogP contribution in [0.1, 0.15) is 41.8 Å². The molecule has 0 N–H and O–H groups in total. The monoisotopic (exact) mass is 456 g/mol. The summed E-state index contributed by atoms with van der Waals surface area (Å²) in [6.07, 6.45) is 0.307. The van der Waals surface area contributed by atoms with Crippen LogP contribution in [0.5, 0.6) is 17.2 Å². The molecule has 4 nitrogen and oxygen atoms in total. The molecule has 0 atom stereocenters. The predicted molar refractivity (Wildman–Crippen MR) is 122 cm³/mol. The molecule has 0 fully saturated rings. The molecule has 0 saturated carbocycles. The first-order chi connectivity index (χ1) is 14.8. The van der Waals surface area contributed by atoms with Crippen LogP contribution in [-0.4, -0.2) is 11.4 Å². The van der Waals surface area contributed by atoms with Gasteiger partial charge in [-0.05, 0) is 55.3 Å². The summed E-state index contributed by atoms with van der Waals surface area (Å²) in [6, 6.07) is 18.3. The third-order valence-corrected chi connectivity index (χ3v) is 5.44. The molecule has 0 unspecified atom stereocenters. The van der Waals surface area contributed by atoms with Crippen LogP contribution in [0.3, 0.4) is 0 Å². The van der Waals surface area contributed by atoms with Gasteiger partial charge in [0.05, 0.1) is 12.0 Å². The van der Waals surface area contributed by atoms with Crippen molar-refractivity contribution in [1.29, 1.82) is 0 Å². The number of benzene rings is 3. The number of rotatable bonds is 6. The minimum absolute atomic E-state index is 0.0202. The van der Waals surface area contributed by atoms with Crippen LogP contribution in [0.15, 0.2) is 60.7 Å². The molecule has 3 aromatic carbocycles. The summed E-state index contributed by atoms with van der Waals surface area (Å²) >= 11 is 11.9. The highest BCUT2D eigenvalue weighted by molar-refractivity contribution is 6.30.